The summed E-state index contributed by atoms with van der Waals surface area (Å²) in [6, 6.07) is 0.480. The Kier molecular flexibility index (Phi) is 11.3. The Hall–Kier alpha value is 0. The van der Waals surface area contributed by atoms with Crippen molar-refractivity contribution >= 4 is 29.9 Å². The van der Waals surface area contributed by atoms with Crippen LogP contribution in [0.1, 0.15) is 53.9 Å². The standard InChI is InChI=1S/C13H29N3.HI/c1-7-11(2)16-12(14-6)15-10-8-9-13(3,4)5;/h11H,7-10H2,1-6H3,(H2,14,15,16);1H. The third kappa shape index (κ3) is 12.2. The maximum atomic E-state index is 4.20. The van der Waals surface area contributed by atoms with Gasteiger partial charge in [-0.3, -0.25) is 4.99 Å². The number of guanidine groups is 1. The molecule has 1 unspecified atom stereocenters. The van der Waals surface area contributed by atoms with Crippen LogP contribution in [0.3, 0.4) is 0 Å². The highest BCUT2D eigenvalue weighted by molar-refractivity contribution is 14.0. The van der Waals surface area contributed by atoms with Gasteiger partial charge in [-0.25, -0.2) is 0 Å². The number of nitrogens with one attached hydrogen (secondary N) is 2. The van der Waals surface area contributed by atoms with Gasteiger partial charge in [0.05, 0.1) is 0 Å². The lowest BCUT2D eigenvalue weighted by Crippen LogP contribution is -2.42. The van der Waals surface area contributed by atoms with Crippen molar-refractivity contribution in [1.29, 1.82) is 0 Å². The van der Waals surface area contributed by atoms with Crippen molar-refractivity contribution < 1.29 is 0 Å². The molecule has 17 heavy (non-hydrogen) atoms. The summed E-state index contributed by atoms with van der Waals surface area (Å²) in [6.45, 7) is 12.2. The van der Waals surface area contributed by atoms with E-state index >= 15 is 0 Å². The first kappa shape index (κ1) is 19.3. The lowest BCUT2D eigenvalue weighted by molar-refractivity contribution is 0.365. The first-order chi connectivity index (χ1) is 7.39. The highest BCUT2D eigenvalue weighted by atomic mass is 127. The molecule has 0 radical (unpaired) electrons. The van der Waals surface area contributed by atoms with Crippen molar-refractivity contribution in [3.05, 3.63) is 0 Å². The summed E-state index contributed by atoms with van der Waals surface area (Å²) in [5.74, 6) is 0.920. The molecule has 0 fully saturated rings. The van der Waals surface area contributed by atoms with Crippen LogP contribution in [0.5, 0.6) is 0 Å². The fourth-order valence-electron chi connectivity index (χ4n) is 1.36. The molecule has 0 saturated carbocycles. The van der Waals surface area contributed by atoms with Crippen molar-refractivity contribution in [3.8, 4) is 0 Å². The fourth-order valence-corrected chi connectivity index (χ4v) is 1.36. The minimum Gasteiger partial charge on any atom is -0.356 e. The normalized spacial score (nSPS) is 13.9. The molecule has 0 amide bonds. The van der Waals surface area contributed by atoms with E-state index in [4.69, 9.17) is 0 Å². The van der Waals surface area contributed by atoms with Crippen LogP contribution in [0.4, 0.5) is 0 Å². The highest BCUT2D eigenvalue weighted by Gasteiger charge is 2.09. The lowest BCUT2D eigenvalue weighted by Gasteiger charge is -2.19. The summed E-state index contributed by atoms with van der Waals surface area (Å²) in [4.78, 5) is 4.20. The van der Waals surface area contributed by atoms with E-state index in [0.717, 1.165) is 18.9 Å². The number of rotatable bonds is 5. The molecule has 0 aromatic rings. The molecule has 104 valence electrons. The molecule has 2 N–H and O–H groups in total. The molecule has 4 heteroatoms. The van der Waals surface area contributed by atoms with Crippen molar-refractivity contribution in [2.75, 3.05) is 13.6 Å². The van der Waals surface area contributed by atoms with Crippen LogP contribution < -0.4 is 10.6 Å². The van der Waals surface area contributed by atoms with Crippen LogP contribution in [0.25, 0.3) is 0 Å². The van der Waals surface area contributed by atoms with Crippen LogP contribution >= 0.6 is 24.0 Å². The Morgan fingerprint density at radius 1 is 1.29 bits per heavy atom. The van der Waals surface area contributed by atoms with Crippen LogP contribution in [0, 0.1) is 5.41 Å². The van der Waals surface area contributed by atoms with E-state index in [-0.39, 0.29) is 24.0 Å². The minimum atomic E-state index is 0. The molecule has 0 heterocycles. The molecule has 0 spiro atoms. The van der Waals surface area contributed by atoms with Gasteiger partial charge in [-0.05, 0) is 31.6 Å². The topological polar surface area (TPSA) is 36.4 Å². The molecule has 0 aliphatic carbocycles. The van der Waals surface area contributed by atoms with Crippen LogP contribution in [0.2, 0.25) is 0 Å². The molecule has 0 aliphatic heterocycles. The van der Waals surface area contributed by atoms with Crippen LogP contribution in [-0.4, -0.2) is 25.6 Å². The van der Waals surface area contributed by atoms with Gasteiger partial charge in [-0.2, -0.15) is 0 Å². The Morgan fingerprint density at radius 3 is 2.29 bits per heavy atom. The van der Waals surface area contributed by atoms with Gasteiger partial charge < -0.3 is 10.6 Å². The summed E-state index contributed by atoms with van der Waals surface area (Å²) < 4.78 is 0. The Labute approximate surface area is 124 Å². The van der Waals surface area contributed by atoms with E-state index in [1.165, 1.54) is 12.8 Å². The van der Waals surface area contributed by atoms with Gasteiger partial charge in [0, 0.05) is 19.6 Å². The van der Waals surface area contributed by atoms with E-state index < -0.39 is 0 Å². The summed E-state index contributed by atoms with van der Waals surface area (Å²) >= 11 is 0. The zero-order valence-electron chi connectivity index (χ0n) is 12.3. The zero-order chi connectivity index (χ0) is 12.6. The number of hydrogen-bond donors (Lipinski definition) is 2. The number of halogens is 1. The predicted molar refractivity (Wildman–Crippen MR) is 88.4 cm³/mol. The van der Waals surface area contributed by atoms with Gasteiger partial charge in [0.2, 0.25) is 0 Å². The van der Waals surface area contributed by atoms with Gasteiger partial charge in [-0.1, -0.05) is 27.7 Å². The Morgan fingerprint density at radius 2 is 1.88 bits per heavy atom. The van der Waals surface area contributed by atoms with Crippen molar-refractivity contribution in [2.45, 2.75) is 59.9 Å². The van der Waals surface area contributed by atoms with Crippen LogP contribution in [0.15, 0.2) is 4.99 Å². The van der Waals surface area contributed by atoms with E-state index in [1.807, 2.05) is 7.05 Å². The summed E-state index contributed by atoms with van der Waals surface area (Å²) in [6.07, 6.45) is 3.54. The van der Waals surface area contributed by atoms with Gasteiger partial charge in [0.1, 0.15) is 0 Å². The van der Waals surface area contributed by atoms with E-state index in [0.29, 0.717) is 11.5 Å². The van der Waals surface area contributed by atoms with Gasteiger partial charge in [0.15, 0.2) is 5.96 Å². The number of nitrogens with zero attached hydrogens (tertiary/aromatic N) is 1. The molecule has 3 nitrogen and oxygen atoms in total. The Bertz CT molecular complexity index is 209. The quantitative estimate of drug-likeness (QED) is 0.343. The maximum Gasteiger partial charge on any atom is 0.191 e. The average molecular weight is 355 g/mol. The second-order valence-electron chi connectivity index (χ2n) is 5.62. The molecule has 0 aliphatic rings. The van der Waals surface area contributed by atoms with Crippen molar-refractivity contribution in [1.82, 2.24) is 10.6 Å². The summed E-state index contributed by atoms with van der Waals surface area (Å²) in [7, 11) is 1.82. The molecular formula is C13H30IN3. The van der Waals surface area contributed by atoms with E-state index in [2.05, 4.69) is 50.2 Å². The number of hydrogen-bond acceptors (Lipinski definition) is 1. The molecular weight excluding hydrogens is 325 g/mol. The van der Waals surface area contributed by atoms with Crippen molar-refractivity contribution in [2.24, 2.45) is 10.4 Å². The molecule has 1 atom stereocenters. The zero-order valence-corrected chi connectivity index (χ0v) is 14.6. The smallest absolute Gasteiger partial charge is 0.191 e. The van der Waals surface area contributed by atoms with Crippen LogP contribution in [-0.2, 0) is 0 Å². The SMILES string of the molecule is CCC(C)NC(=NC)NCCCC(C)(C)C.I. The lowest BCUT2D eigenvalue weighted by atomic mass is 9.91. The molecule has 0 aromatic carbocycles. The summed E-state index contributed by atoms with van der Waals surface area (Å²) in [5, 5.41) is 6.70. The molecule has 0 rings (SSSR count). The molecule has 0 aromatic heterocycles. The second kappa shape index (κ2) is 9.97. The predicted octanol–water partition coefficient (Wildman–Crippen LogP) is 3.39. The molecule has 0 saturated heterocycles. The third-order valence-corrected chi connectivity index (χ3v) is 2.62. The van der Waals surface area contributed by atoms with Gasteiger partial charge in [0.25, 0.3) is 0 Å². The molecule has 0 bridgehead atoms. The second-order valence-corrected chi connectivity index (χ2v) is 5.62. The first-order valence-corrected chi connectivity index (χ1v) is 6.36. The van der Waals surface area contributed by atoms with Gasteiger partial charge >= 0.3 is 0 Å². The highest BCUT2D eigenvalue weighted by Crippen LogP contribution is 2.19. The van der Waals surface area contributed by atoms with Crippen molar-refractivity contribution in [3.63, 3.8) is 0 Å². The maximum absolute atomic E-state index is 4.20. The Balaban J connectivity index is 0. The first-order valence-electron chi connectivity index (χ1n) is 6.36. The third-order valence-electron chi connectivity index (χ3n) is 2.62. The fraction of sp³-hybridized carbons (Fsp3) is 0.923. The summed E-state index contributed by atoms with van der Waals surface area (Å²) in [5.41, 5.74) is 0.426. The minimum absolute atomic E-state index is 0. The monoisotopic (exact) mass is 355 g/mol. The van der Waals surface area contributed by atoms with Gasteiger partial charge in [-0.15, -0.1) is 24.0 Å². The average Bonchev–Trinajstić information content (AvgIpc) is 2.20. The largest absolute Gasteiger partial charge is 0.356 e. The van der Waals surface area contributed by atoms with E-state index in [9.17, 15) is 0 Å². The van der Waals surface area contributed by atoms with E-state index in [1.54, 1.807) is 0 Å². The number of aliphatic imine (C=N–C) groups is 1.